The van der Waals surface area contributed by atoms with Crippen LogP contribution in [0, 0.1) is 11.3 Å². The molecule has 21 heavy (non-hydrogen) atoms. The van der Waals surface area contributed by atoms with Gasteiger partial charge in [0.15, 0.2) is 6.61 Å². The van der Waals surface area contributed by atoms with E-state index in [4.69, 9.17) is 33.2 Å². The van der Waals surface area contributed by atoms with E-state index >= 15 is 0 Å². The topological polar surface area (TPSA) is 79.2 Å². The van der Waals surface area contributed by atoms with E-state index in [9.17, 15) is 8.42 Å². The normalized spacial score (nSPS) is 10.9. The van der Waals surface area contributed by atoms with Gasteiger partial charge in [0.25, 0.3) is 10.0 Å². The number of hydrogen-bond acceptors (Lipinski definition) is 5. The monoisotopic (exact) mass is 362 g/mol. The molecule has 0 bridgehead atoms. The Morgan fingerprint density at radius 2 is 1.95 bits per heavy atom. The van der Waals surface area contributed by atoms with Gasteiger partial charge in [-0.1, -0.05) is 23.2 Å². The zero-order valence-corrected chi connectivity index (χ0v) is 13.5. The molecule has 0 atom stereocenters. The number of benzene rings is 1. The number of anilines is 1. The zero-order chi connectivity index (χ0) is 15.5. The second-order valence-corrected chi connectivity index (χ2v) is 7.70. The Morgan fingerprint density at radius 3 is 2.48 bits per heavy atom. The molecule has 2 rings (SSSR count). The van der Waals surface area contributed by atoms with Crippen LogP contribution in [0.3, 0.4) is 0 Å². The molecular weight excluding hydrogens is 355 g/mol. The predicted molar refractivity (Wildman–Crippen MR) is 82.7 cm³/mol. The van der Waals surface area contributed by atoms with E-state index < -0.39 is 10.0 Å². The number of nitrogens with one attached hydrogen (secondary N) is 1. The van der Waals surface area contributed by atoms with Crippen LogP contribution >= 0.6 is 34.5 Å². The fraction of sp³-hybridized carbons (Fsp3) is 0.0833. The molecule has 0 saturated heterocycles. The summed E-state index contributed by atoms with van der Waals surface area (Å²) in [5.41, 5.74) is 0.345. The molecule has 0 saturated carbocycles. The van der Waals surface area contributed by atoms with Crippen molar-refractivity contribution in [3.05, 3.63) is 39.0 Å². The summed E-state index contributed by atoms with van der Waals surface area (Å²) in [6.45, 7) is -0.0753. The third kappa shape index (κ3) is 4.02. The lowest BCUT2D eigenvalue weighted by Crippen LogP contribution is -2.12. The van der Waals surface area contributed by atoms with Crippen LogP contribution in [0.2, 0.25) is 8.67 Å². The molecule has 110 valence electrons. The van der Waals surface area contributed by atoms with Gasteiger partial charge in [-0.2, -0.15) is 5.26 Å². The van der Waals surface area contributed by atoms with Gasteiger partial charge in [0.1, 0.15) is 21.1 Å². The Morgan fingerprint density at radius 1 is 1.29 bits per heavy atom. The number of thiophene rings is 1. The fourth-order valence-electron chi connectivity index (χ4n) is 1.45. The summed E-state index contributed by atoms with van der Waals surface area (Å²) in [5, 5.41) is 8.40. The molecule has 1 aromatic carbocycles. The Hall–Kier alpha value is -1.46. The van der Waals surface area contributed by atoms with Crippen LogP contribution in [0.25, 0.3) is 0 Å². The first-order chi connectivity index (χ1) is 9.92. The van der Waals surface area contributed by atoms with E-state index in [1.54, 1.807) is 12.1 Å². The van der Waals surface area contributed by atoms with E-state index in [0.29, 0.717) is 15.8 Å². The summed E-state index contributed by atoms with van der Waals surface area (Å²) < 4.78 is 32.2. The van der Waals surface area contributed by atoms with Crippen molar-refractivity contribution < 1.29 is 13.2 Å². The first-order valence-corrected chi connectivity index (χ1v) is 8.55. The lowest BCUT2D eigenvalue weighted by atomic mass is 10.3. The molecule has 1 aromatic heterocycles. The molecule has 0 spiro atoms. The average Bonchev–Trinajstić information content (AvgIpc) is 2.77. The third-order valence-electron chi connectivity index (χ3n) is 2.32. The van der Waals surface area contributed by atoms with Crippen molar-refractivity contribution in [2.45, 2.75) is 4.90 Å². The Kier molecular flexibility index (Phi) is 4.96. The lowest BCUT2D eigenvalue weighted by molar-refractivity contribution is 0.368. The van der Waals surface area contributed by atoms with E-state index in [-0.39, 0.29) is 15.8 Å². The van der Waals surface area contributed by atoms with Gasteiger partial charge in [0.05, 0.1) is 4.34 Å². The van der Waals surface area contributed by atoms with Crippen LogP contribution in [0.5, 0.6) is 5.75 Å². The summed E-state index contributed by atoms with van der Waals surface area (Å²) in [5.74, 6) is 0.469. The Balaban J connectivity index is 2.17. The lowest BCUT2D eigenvalue weighted by Gasteiger charge is -2.08. The number of nitriles is 1. The summed E-state index contributed by atoms with van der Waals surface area (Å²) in [6.07, 6.45) is 0. The van der Waals surface area contributed by atoms with E-state index in [0.717, 1.165) is 11.3 Å². The maximum Gasteiger partial charge on any atom is 0.264 e. The molecule has 2 aromatic rings. The summed E-state index contributed by atoms with van der Waals surface area (Å²) in [7, 11) is -3.80. The molecule has 9 heteroatoms. The number of hydrogen-bond donors (Lipinski definition) is 1. The maximum absolute atomic E-state index is 12.2. The molecule has 0 amide bonds. The minimum Gasteiger partial charge on any atom is -0.479 e. The van der Waals surface area contributed by atoms with Gasteiger partial charge in [-0.05, 0) is 30.3 Å². The van der Waals surface area contributed by atoms with Gasteiger partial charge >= 0.3 is 0 Å². The van der Waals surface area contributed by atoms with Crippen molar-refractivity contribution in [1.82, 2.24) is 0 Å². The highest BCUT2D eigenvalue weighted by atomic mass is 35.5. The van der Waals surface area contributed by atoms with Crippen LogP contribution in [0.15, 0.2) is 35.2 Å². The molecule has 1 heterocycles. The predicted octanol–water partition coefficient (Wildman–Crippen LogP) is 3.76. The SMILES string of the molecule is N#CCOc1ccc(NS(=O)(=O)c2cc(Cl)sc2Cl)cc1. The van der Waals surface area contributed by atoms with Crippen molar-refractivity contribution in [3.63, 3.8) is 0 Å². The number of halogens is 2. The third-order valence-corrected chi connectivity index (χ3v) is 5.46. The van der Waals surface area contributed by atoms with Crippen LogP contribution < -0.4 is 9.46 Å². The zero-order valence-electron chi connectivity index (χ0n) is 10.3. The highest BCUT2D eigenvalue weighted by Crippen LogP contribution is 2.35. The molecule has 0 unspecified atom stereocenters. The average molecular weight is 363 g/mol. The molecule has 1 N–H and O–H groups in total. The van der Waals surface area contributed by atoms with E-state index in [2.05, 4.69) is 4.72 Å². The van der Waals surface area contributed by atoms with Gasteiger partial charge < -0.3 is 4.74 Å². The van der Waals surface area contributed by atoms with Crippen molar-refractivity contribution >= 4 is 50.2 Å². The van der Waals surface area contributed by atoms with E-state index in [1.165, 1.54) is 18.2 Å². The smallest absolute Gasteiger partial charge is 0.264 e. The highest BCUT2D eigenvalue weighted by Gasteiger charge is 2.21. The molecule has 0 radical (unpaired) electrons. The van der Waals surface area contributed by atoms with Gasteiger partial charge in [0.2, 0.25) is 0 Å². The second kappa shape index (κ2) is 6.54. The van der Waals surface area contributed by atoms with Crippen molar-refractivity contribution in [2.24, 2.45) is 0 Å². The van der Waals surface area contributed by atoms with Gasteiger partial charge in [-0.25, -0.2) is 8.42 Å². The van der Waals surface area contributed by atoms with Crippen LogP contribution in [-0.4, -0.2) is 15.0 Å². The Bertz CT molecular complexity index is 780. The number of nitrogens with zero attached hydrogens (tertiary/aromatic N) is 1. The van der Waals surface area contributed by atoms with Crippen LogP contribution in [0.4, 0.5) is 5.69 Å². The molecule has 5 nitrogen and oxygen atoms in total. The van der Waals surface area contributed by atoms with E-state index in [1.807, 2.05) is 6.07 Å². The van der Waals surface area contributed by atoms with Gasteiger partial charge in [-0.15, -0.1) is 11.3 Å². The standard InChI is InChI=1S/C12H8Cl2N2O3S2/c13-11-7-10(12(14)20-11)21(17,18)16-8-1-3-9(4-2-8)19-6-5-15/h1-4,7,16H,6H2. The van der Waals surface area contributed by atoms with Gasteiger partial charge in [-0.3, -0.25) is 4.72 Å². The Labute approximate surface area is 135 Å². The molecular formula is C12H8Cl2N2O3S2. The first kappa shape index (κ1) is 15.9. The van der Waals surface area contributed by atoms with Crippen LogP contribution in [-0.2, 0) is 10.0 Å². The summed E-state index contributed by atoms with van der Waals surface area (Å²) >= 11 is 12.6. The fourth-order valence-corrected chi connectivity index (χ4v) is 4.66. The largest absolute Gasteiger partial charge is 0.479 e. The quantitative estimate of drug-likeness (QED) is 0.877. The minimum absolute atomic E-state index is 0.0658. The minimum atomic E-state index is -3.80. The number of rotatable bonds is 5. The summed E-state index contributed by atoms with van der Waals surface area (Å²) in [4.78, 5) is -0.0658. The summed E-state index contributed by atoms with van der Waals surface area (Å²) in [6, 6.07) is 9.28. The molecule has 0 aliphatic carbocycles. The van der Waals surface area contributed by atoms with Crippen molar-refractivity contribution in [1.29, 1.82) is 5.26 Å². The van der Waals surface area contributed by atoms with Gasteiger partial charge in [0, 0.05) is 5.69 Å². The van der Waals surface area contributed by atoms with Crippen molar-refractivity contribution in [2.75, 3.05) is 11.3 Å². The van der Waals surface area contributed by atoms with Crippen LogP contribution in [0.1, 0.15) is 0 Å². The molecule has 0 aliphatic heterocycles. The first-order valence-electron chi connectivity index (χ1n) is 5.50. The number of ether oxygens (including phenoxy) is 1. The molecule has 0 fully saturated rings. The molecule has 0 aliphatic rings. The number of sulfonamides is 1. The maximum atomic E-state index is 12.2. The second-order valence-electron chi connectivity index (χ2n) is 3.77. The highest BCUT2D eigenvalue weighted by molar-refractivity contribution is 7.93. The van der Waals surface area contributed by atoms with Crippen molar-refractivity contribution in [3.8, 4) is 11.8 Å².